The molecule has 0 aliphatic carbocycles. The Morgan fingerprint density at radius 1 is 0.979 bits per heavy atom. The van der Waals surface area contributed by atoms with Gasteiger partial charge in [0.1, 0.15) is 18.2 Å². The standard InChI is InChI=1S/C34H51N5O8S/c1-8-24(4)31(38-30(41)20-35-33(43)47-34(5,6)7)32(42)37-28(18-25-12-10-9-11-13-25)29(40)22-39(21-23(2)3)48(45,46)27-16-14-26(15-17-27)19-36-44/h9-17,19,23-24,28-29,31,40,44H,8,18,20-22H2,1-7H3,(H,35,43)(H,37,42)(H,38,41)/b36-19+/t24-,28-,29+,31-/m0/s1. The molecule has 0 aromatic heterocycles. The molecule has 0 aliphatic heterocycles. The van der Waals surface area contributed by atoms with E-state index in [2.05, 4.69) is 21.1 Å². The van der Waals surface area contributed by atoms with Gasteiger partial charge in [-0.2, -0.15) is 4.31 Å². The number of sulfonamides is 1. The summed E-state index contributed by atoms with van der Waals surface area (Å²) in [7, 11) is -4.08. The molecular weight excluding hydrogens is 638 g/mol. The van der Waals surface area contributed by atoms with E-state index in [-0.39, 0.29) is 36.2 Å². The average Bonchev–Trinajstić information content (AvgIpc) is 3.01. The average molecular weight is 690 g/mol. The van der Waals surface area contributed by atoms with Gasteiger partial charge in [-0.3, -0.25) is 9.59 Å². The van der Waals surface area contributed by atoms with Gasteiger partial charge < -0.3 is 31.0 Å². The summed E-state index contributed by atoms with van der Waals surface area (Å²) in [6, 6.07) is 13.0. The number of ether oxygens (including phenoxy) is 1. The Kier molecular flexibility index (Phi) is 15.5. The number of aliphatic hydroxyl groups is 1. The first-order valence-electron chi connectivity index (χ1n) is 16.0. The number of benzene rings is 2. The predicted octanol–water partition coefficient (Wildman–Crippen LogP) is 3.29. The van der Waals surface area contributed by atoms with Gasteiger partial charge in [-0.1, -0.05) is 81.7 Å². The van der Waals surface area contributed by atoms with Gasteiger partial charge in [0.2, 0.25) is 21.8 Å². The quantitative estimate of drug-likeness (QED) is 0.0951. The molecule has 0 spiro atoms. The lowest BCUT2D eigenvalue weighted by molar-refractivity contribution is -0.130. The van der Waals surface area contributed by atoms with Crippen LogP contribution in [-0.4, -0.2) is 90.6 Å². The Morgan fingerprint density at radius 3 is 2.15 bits per heavy atom. The van der Waals surface area contributed by atoms with E-state index in [1.807, 2.05) is 51.1 Å². The van der Waals surface area contributed by atoms with Crippen LogP contribution in [0.25, 0.3) is 0 Å². The smallest absolute Gasteiger partial charge is 0.408 e. The van der Waals surface area contributed by atoms with E-state index in [0.29, 0.717) is 12.0 Å². The first-order chi connectivity index (χ1) is 22.5. The van der Waals surface area contributed by atoms with Gasteiger partial charge in [-0.15, -0.1) is 0 Å². The number of rotatable bonds is 17. The van der Waals surface area contributed by atoms with Crippen molar-refractivity contribution in [2.24, 2.45) is 17.0 Å². The summed E-state index contributed by atoms with van der Waals surface area (Å²) in [6.45, 7) is 11.8. The van der Waals surface area contributed by atoms with E-state index in [0.717, 1.165) is 5.56 Å². The molecule has 14 heteroatoms. The number of amides is 3. The Hall–Kier alpha value is -4.01. The first-order valence-corrected chi connectivity index (χ1v) is 17.5. The minimum atomic E-state index is -4.08. The number of aliphatic hydroxyl groups excluding tert-OH is 1. The molecule has 0 saturated carbocycles. The predicted molar refractivity (Wildman–Crippen MR) is 183 cm³/mol. The Balaban J connectivity index is 2.33. The Morgan fingerprint density at radius 2 is 1.60 bits per heavy atom. The van der Waals surface area contributed by atoms with Crippen molar-refractivity contribution in [3.05, 3.63) is 65.7 Å². The first kappa shape index (κ1) is 40.2. The molecule has 0 heterocycles. The molecule has 2 rings (SSSR count). The molecule has 0 radical (unpaired) electrons. The highest BCUT2D eigenvalue weighted by molar-refractivity contribution is 7.89. The van der Waals surface area contributed by atoms with Crippen LogP contribution in [0.1, 0.15) is 66.0 Å². The molecule has 0 aliphatic rings. The number of alkyl carbamates (subject to hydrolysis) is 1. The lowest BCUT2D eigenvalue weighted by Gasteiger charge is -2.32. The van der Waals surface area contributed by atoms with Gasteiger partial charge in [0.25, 0.3) is 0 Å². The second kappa shape index (κ2) is 18.5. The second-order valence-electron chi connectivity index (χ2n) is 13.2. The zero-order chi connectivity index (χ0) is 36.1. The maximum absolute atomic E-state index is 13.8. The van der Waals surface area contributed by atoms with Gasteiger partial charge in [0, 0.05) is 13.1 Å². The fourth-order valence-corrected chi connectivity index (χ4v) is 6.39. The maximum atomic E-state index is 13.8. The summed E-state index contributed by atoms with van der Waals surface area (Å²) in [5.74, 6) is -1.57. The van der Waals surface area contributed by atoms with Crippen LogP contribution in [0.3, 0.4) is 0 Å². The van der Waals surface area contributed by atoms with E-state index >= 15 is 0 Å². The van der Waals surface area contributed by atoms with Crippen molar-refractivity contribution in [1.82, 2.24) is 20.3 Å². The molecule has 0 unspecified atom stereocenters. The molecule has 48 heavy (non-hydrogen) atoms. The maximum Gasteiger partial charge on any atom is 0.408 e. The topological polar surface area (TPSA) is 187 Å². The van der Waals surface area contributed by atoms with E-state index in [9.17, 15) is 27.9 Å². The zero-order valence-corrected chi connectivity index (χ0v) is 29.7. The number of nitrogens with zero attached hydrogens (tertiary/aromatic N) is 2. The van der Waals surface area contributed by atoms with E-state index in [4.69, 9.17) is 9.94 Å². The Bertz CT molecular complexity index is 1460. The summed E-state index contributed by atoms with van der Waals surface area (Å²) in [6.07, 6.45) is -0.225. The molecule has 0 fully saturated rings. The number of oxime groups is 1. The lowest BCUT2D eigenvalue weighted by Crippen LogP contribution is -2.58. The van der Waals surface area contributed by atoms with Crippen molar-refractivity contribution in [2.45, 2.75) is 90.0 Å². The van der Waals surface area contributed by atoms with Gasteiger partial charge >= 0.3 is 6.09 Å². The van der Waals surface area contributed by atoms with Crippen LogP contribution in [0.2, 0.25) is 0 Å². The summed E-state index contributed by atoms with van der Waals surface area (Å²) < 4.78 is 33.9. The van der Waals surface area contributed by atoms with Crippen molar-refractivity contribution in [1.29, 1.82) is 0 Å². The summed E-state index contributed by atoms with van der Waals surface area (Å²) in [5, 5.41) is 31.3. The van der Waals surface area contributed by atoms with Crippen LogP contribution in [0.15, 0.2) is 64.6 Å². The molecule has 3 amide bonds. The normalized spacial score (nSPS) is 14.7. The molecule has 0 bridgehead atoms. The van der Waals surface area contributed by atoms with Crippen LogP contribution in [0.4, 0.5) is 4.79 Å². The molecule has 266 valence electrons. The third kappa shape index (κ3) is 13.2. The van der Waals surface area contributed by atoms with Gasteiger partial charge in [0.15, 0.2) is 0 Å². The van der Waals surface area contributed by atoms with Crippen LogP contribution in [0, 0.1) is 11.8 Å². The fourth-order valence-electron chi connectivity index (χ4n) is 4.77. The van der Waals surface area contributed by atoms with Gasteiger partial charge in [0.05, 0.1) is 23.3 Å². The molecule has 2 aromatic rings. The highest BCUT2D eigenvalue weighted by Gasteiger charge is 2.34. The van der Waals surface area contributed by atoms with E-state index in [1.165, 1.54) is 34.8 Å². The second-order valence-corrected chi connectivity index (χ2v) is 15.1. The monoisotopic (exact) mass is 689 g/mol. The van der Waals surface area contributed by atoms with E-state index < -0.39 is 58.3 Å². The number of carbonyl (C=O) groups excluding carboxylic acids is 3. The van der Waals surface area contributed by atoms with Crippen LogP contribution in [0.5, 0.6) is 0 Å². The summed E-state index contributed by atoms with van der Waals surface area (Å²) in [4.78, 5) is 38.6. The minimum Gasteiger partial charge on any atom is -0.444 e. The van der Waals surface area contributed by atoms with Crippen molar-refractivity contribution < 1.29 is 37.9 Å². The molecule has 5 N–H and O–H groups in total. The molecule has 13 nitrogen and oxygen atoms in total. The van der Waals surface area contributed by atoms with Crippen molar-refractivity contribution in [2.75, 3.05) is 19.6 Å². The third-order valence-electron chi connectivity index (χ3n) is 7.38. The number of hydrogen-bond donors (Lipinski definition) is 5. The van der Waals surface area contributed by atoms with Gasteiger partial charge in [-0.05, 0) is 62.3 Å². The number of carbonyl (C=O) groups is 3. The highest BCUT2D eigenvalue weighted by Crippen LogP contribution is 2.20. The molecule has 4 atom stereocenters. The van der Waals surface area contributed by atoms with Crippen molar-refractivity contribution in [3.63, 3.8) is 0 Å². The highest BCUT2D eigenvalue weighted by atomic mass is 32.2. The zero-order valence-electron chi connectivity index (χ0n) is 28.8. The number of nitrogens with one attached hydrogen (secondary N) is 3. The van der Waals surface area contributed by atoms with Crippen LogP contribution in [-0.2, 0) is 30.8 Å². The fraction of sp³-hybridized carbons (Fsp3) is 0.529. The largest absolute Gasteiger partial charge is 0.444 e. The lowest BCUT2D eigenvalue weighted by atomic mass is 9.96. The SMILES string of the molecule is CC[C@H](C)[C@H](NC(=O)CNC(=O)OC(C)(C)C)C(=O)N[C@@H](Cc1ccccc1)[C@H](O)CN(CC(C)C)S(=O)(=O)c1ccc(/C=N/O)cc1. The summed E-state index contributed by atoms with van der Waals surface area (Å²) in [5.41, 5.74) is 0.548. The van der Waals surface area contributed by atoms with Crippen molar-refractivity contribution in [3.8, 4) is 0 Å². The summed E-state index contributed by atoms with van der Waals surface area (Å²) >= 11 is 0. The molecule has 0 saturated heterocycles. The molecular formula is C34H51N5O8S. The third-order valence-corrected chi connectivity index (χ3v) is 9.22. The van der Waals surface area contributed by atoms with Crippen LogP contribution >= 0.6 is 0 Å². The van der Waals surface area contributed by atoms with Crippen LogP contribution < -0.4 is 16.0 Å². The Labute approximate surface area is 284 Å². The van der Waals surface area contributed by atoms with Crippen molar-refractivity contribution >= 4 is 34.1 Å². The number of hydrogen-bond acceptors (Lipinski definition) is 9. The van der Waals surface area contributed by atoms with Gasteiger partial charge in [-0.25, -0.2) is 13.2 Å². The molecule has 2 aromatic carbocycles. The minimum absolute atomic E-state index is 0.00590. The van der Waals surface area contributed by atoms with E-state index in [1.54, 1.807) is 27.7 Å².